The van der Waals surface area contributed by atoms with E-state index in [-0.39, 0.29) is 11.5 Å². The number of anilines is 1. The predicted octanol–water partition coefficient (Wildman–Crippen LogP) is 1.84. The lowest BCUT2D eigenvalue weighted by molar-refractivity contribution is -0.120. The molecule has 0 aliphatic rings. The summed E-state index contributed by atoms with van der Waals surface area (Å²) < 4.78 is 3.32. The number of nitrogens with zero attached hydrogens (tertiary/aromatic N) is 4. The molecule has 2 aromatic heterocycles. The molecule has 2 heterocycles. The molecule has 0 radical (unpaired) electrons. The van der Waals surface area contributed by atoms with Crippen LogP contribution in [0.2, 0.25) is 0 Å². The molecule has 0 fully saturated rings. The minimum Gasteiger partial charge on any atom is -0.277 e. The van der Waals surface area contributed by atoms with Crippen LogP contribution in [0.15, 0.2) is 29.1 Å². The summed E-state index contributed by atoms with van der Waals surface area (Å²) in [5.41, 5.74) is 8.97. The molecule has 0 aliphatic heterocycles. The lowest BCUT2D eigenvalue weighted by Gasteiger charge is -2.14. The fourth-order valence-corrected chi connectivity index (χ4v) is 3.16. The number of hydrazine groups is 1. The lowest BCUT2D eigenvalue weighted by Crippen LogP contribution is -2.34. The molecule has 0 spiro atoms. The molecule has 0 atom stereocenters. The average molecular weight is 368 g/mol. The summed E-state index contributed by atoms with van der Waals surface area (Å²) in [5, 5.41) is 4.92. The number of amides is 1. The van der Waals surface area contributed by atoms with E-state index in [1.54, 1.807) is 12.1 Å². The number of rotatable bonds is 6. The fourth-order valence-electron chi connectivity index (χ4n) is 3.16. The lowest BCUT2D eigenvalue weighted by atomic mass is 10.1. The van der Waals surface area contributed by atoms with Crippen molar-refractivity contribution in [3.63, 3.8) is 0 Å². The van der Waals surface area contributed by atoms with Crippen LogP contribution in [0.25, 0.3) is 10.9 Å². The van der Waals surface area contributed by atoms with Crippen LogP contribution < -0.4 is 16.4 Å². The molecule has 3 rings (SSSR count). The fraction of sp³-hybridized carbons (Fsp3) is 0.368. The molecule has 1 amide bonds. The molecular formula is C19H24N6O2. The summed E-state index contributed by atoms with van der Waals surface area (Å²) in [7, 11) is 1.89. The first-order chi connectivity index (χ1) is 12.9. The number of hydrogen-bond acceptors (Lipinski definition) is 5. The van der Waals surface area contributed by atoms with Crippen molar-refractivity contribution >= 4 is 22.8 Å². The zero-order valence-electron chi connectivity index (χ0n) is 16.0. The first-order valence-electron chi connectivity index (χ1n) is 8.95. The van der Waals surface area contributed by atoms with E-state index in [9.17, 15) is 9.59 Å². The van der Waals surface area contributed by atoms with E-state index in [2.05, 4.69) is 20.9 Å². The number of benzene rings is 1. The molecule has 142 valence electrons. The molecule has 0 aliphatic carbocycles. The van der Waals surface area contributed by atoms with Gasteiger partial charge in [0.25, 0.3) is 5.56 Å². The van der Waals surface area contributed by atoms with Crippen molar-refractivity contribution in [1.29, 1.82) is 0 Å². The topological polar surface area (TPSA) is 93.8 Å². The van der Waals surface area contributed by atoms with Crippen LogP contribution in [0.3, 0.4) is 0 Å². The Morgan fingerprint density at radius 3 is 2.63 bits per heavy atom. The van der Waals surface area contributed by atoms with Crippen molar-refractivity contribution in [2.75, 3.05) is 5.43 Å². The van der Waals surface area contributed by atoms with Gasteiger partial charge in [0.1, 0.15) is 0 Å². The van der Waals surface area contributed by atoms with Gasteiger partial charge >= 0.3 is 0 Å². The van der Waals surface area contributed by atoms with E-state index >= 15 is 0 Å². The standard InChI is InChI=1S/C19H24N6O2/c1-5-25-18(27)15-8-6-7-9-16(15)20-19(25)22-21-17(26)11-10-14-12(2)23-24(4)13(14)3/h6-9H,5,10-11H2,1-4H3,(H,20,22)(H,21,26). The zero-order valence-corrected chi connectivity index (χ0v) is 16.0. The van der Waals surface area contributed by atoms with Gasteiger partial charge in [-0.15, -0.1) is 0 Å². The van der Waals surface area contributed by atoms with Gasteiger partial charge in [-0.3, -0.25) is 29.7 Å². The largest absolute Gasteiger partial charge is 0.277 e. The van der Waals surface area contributed by atoms with Gasteiger partial charge in [0, 0.05) is 25.7 Å². The van der Waals surface area contributed by atoms with Gasteiger partial charge in [-0.05, 0) is 44.9 Å². The zero-order chi connectivity index (χ0) is 19.6. The summed E-state index contributed by atoms with van der Waals surface area (Å²) in [4.78, 5) is 29.3. The predicted molar refractivity (Wildman–Crippen MR) is 104 cm³/mol. The summed E-state index contributed by atoms with van der Waals surface area (Å²) in [6.07, 6.45) is 0.912. The molecule has 8 nitrogen and oxygen atoms in total. The molecule has 0 saturated carbocycles. The van der Waals surface area contributed by atoms with E-state index in [1.165, 1.54) is 4.57 Å². The van der Waals surface area contributed by atoms with Crippen molar-refractivity contribution in [3.05, 3.63) is 51.6 Å². The van der Waals surface area contributed by atoms with E-state index in [0.29, 0.717) is 36.2 Å². The van der Waals surface area contributed by atoms with Crippen LogP contribution in [0.5, 0.6) is 0 Å². The molecule has 3 aromatic rings. The monoisotopic (exact) mass is 368 g/mol. The van der Waals surface area contributed by atoms with E-state index in [1.807, 2.05) is 44.6 Å². The summed E-state index contributed by atoms with van der Waals surface area (Å²) >= 11 is 0. The van der Waals surface area contributed by atoms with Crippen LogP contribution in [-0.4, -0.2) is 25.2 Å². The number of carbonyl (C=O) groups excluding carboxylic acids is 1. The van der Waals surface area contributed by atoms with Gasteiger partial charge in [-0.2, -0.15) is 5.10 Å². The Bertz CT molecular complexity index is 1050. The first kappa shape index (κ1) is 18.6. The minimum atomic E-state index is -0.178. The molecule has 2 N–H and O–H groups in total. The third kappa shape index (κ3) is 3.69. The maximum absolute atomic E-state index is 12.6. The third-order valence-electron chi connectivity index (χ3n) is 4.75. The Balaban J connectivity index is 1.71. The van der Waals surface area contributed by atoms with Crippen molar-refractivity contribution in [1.82, 2.24) is 24.8 Å². The molecule has 1 aromatic carbocycles. The summed E-state index contributed by atoms with van der Waals surface area (Å²) in [6.45, 7) is 6.24. The maximum atomic E-state index is 12.6. The molecule has 8 heteroatoms. The maximum Gasteiger partial charge on any atom is 0.262 e. The molecule has 0 bridgehead atoms. The van der Waals surface area contributed by atoms with Crippen molar-refractivity contribution in [3.8, 4) is 0 Å². The number of aryl methyl sites for hydroxylation is 2. The quantitative estimate of drug-likeness (QED) is 0.648. The Morgan fingerprint density at radius 1 is 1.22 bits per heavy atom. The molecular weight excluding hydrogens is 344 g/mol. The van der Waals surface area contributed by atoms with Crippen LogP contribution in [0.4, 0.5) is 5.95 Å². The highest BCUT2D eigenvalue weighted by atomic mass is 16.2. The van der Waals surface area contributed by atoms with Crippen LogP contribution >= 0.6 is 0 Å². The highest BCUT2D eigenvalue weighted by Crippen LogP contribution is 2.14. The smallest absolute Gasteiger partial charge is 0.262 e. The SMILES string of the molecule is CCn1c(NNC(=O)CCc2c(C)nn(C)c2C)nc2ccccc2c1=O. The van der Waals surface area contributed by atoms with Gasteiger partial charge in [0.15, 0.2) is 0 Å². The van der Waals surface area contributed by atoms with E-state index in [0.717, 1.165) is 17.0 Å². The van der Waals surface area contributed by atoms with Gasteiger partial charge < -0.3 is 0 Å². The second-order valence-electron chi connectivity index (χ2n) is 6.45. The summed E-state index contributed by atoms with van der Waals surface area (Å²) in [6, 6.07) is 7.16. The number of para-hydroxylation sites is 1. The number of nitrogens with one attached hydrogen (secondary N) is 2. The van der Waals surface area contributed by atoms with Crippen LogP contribution in [0.1, 0.15) is 30.3 Å². The van der Waals surface area contributed by atoms with Gasteiger partial charge in [-0.25, -0.2) is 4.98 Å². The van der Waals surface area contributed by atoms with Crippen molar-refractivity contribution < 1.29 is 4.79 Å². The van der Waals surface area contributed by atoms with Crippen LogP contribution in [-0.2, 0) is 24.8 Å². The summed E-state index contributed by atoms with van der Waals surface area (Å²) in [5.74, 6) is 0.144. The second kappa shape index (κ2) is 7.61. The van der Waals surface area contributed by atoms with E-state index in [4.69, 9.17) is 0 Å². The van der Waals surface area contributed by atoms with Gasteiger partial charge in [0.2, 0.25) is 11.9 Å². The highest BCUT2D eigenvalue weighted by Gasteiger charge is 2.13. The van der Waals surface area contributed by atoms with Gasteiger partial charge in [-0.1, -0.05) is 12.1 Å². The molecule has 27 heavy (non-hydrogen) atoms. The van der Waals surface area contributed by atoms with E-state index < -0.39 is 0 Å². The number of hydrogen-bond donors (Lipinski definition) is 2. The van der Waals surface area contributed by atoms with Crippen molar-refractivity contribution in [2.45, 2.75) is 40.2 Å². The number of fused-ring (bicyclic) bond motifs is 1. The van der Waals surface area contributed by atoms with Crippen LogP contribution in [0, 0.1) is 13.8 Å². The average Bonchev–Trinajstić information content (AvgIpc) is 2.90. The Hall–Kier alpha value is -3.16. The third-order valence-corrected chi connectivity index (χ3v) is 4.75. The number of aromatic nitrogens is 4. The first-order valence-corrected chi connectivity index (χ1v) is 8.95. The van der Waals surface area contributed by atoms with Crippen molar-refractivity contribution in [2.24, 2.45) is 7.05 Å². The Morgan fingerprint density at radius 2 is 1.96 bits per heavy atom. The van der Waals surface area contributed by atoms with Gasteiger partial charge in [0.05, 0.1) is 16.6 Å². The molecule has 0 saturated heterocycles. The normalized spacial score (nSPS) is 11.0. The second-order valence-corrected chi connectivity index (χ2v) is 6.45. The number of carbonyl (C=O) groups is 1. The Kier molecular flexibility index (Phi) is 5.25. The highest BCUT2D eigenvalue weighted by molar-refractivity contribution is 5.80. The Labute approximate surface area is 157 Å². The minimum absolute atomic E-state index is 0.138. The molecule has 0 unspecified atom stereocenters.